The lowest BCUT2D eigenvalue weighted by Gasteiger charge is -1.99. The molecule has 0 bridgehead atoms. The Morgan fingerprint density at radius 1 is 1.33 bits per heavy atom. The molecule has 0 saturated heterocycles. The smallest absolute Gasteiger partial charge is 0.0958 e. The van der Waals surface area contributed by atoms with Gasteiger partial charge in [0, 0.05) is 17.8 Å². The Balaban J connectivity index is 1.72. The van der Waals surface area contributed by atoms with Crippen LogP contribution in [0.2, 0.25) is 0 Å². The molecule has 0 spiro atoms. The summed E-state index contributed by atoms with van der Waals surface area (Å²) in [7, 11) is 0. The summed E-state index contributed by atoms with van der Waals surface area (Å²) in [4.78, 5) is 8.44. The fourth-order valence-electron chi connectivity index (χ4n) is 1.71. The lowest BCUT2D eigenvalue weighted by Crippen LogP contribution is -1.90. The van der Waals surface area contributed by atoms with Gasteiger partial charge in [-0.15, -0.1) is 11.3 Å². The third kappa shape index (κ3) is 3.92. The minimum Gasteiger partial charge on any atom is -0.411 e. The van der Waals surface area contributed by atoms with Crippen molar-refractivity contribution in [2.24, 2.45) is 5.16 Å². The summed E-state index contributed by atoms with van der Waals surface area (Å²) in [6.45, 7) is 0. The molecule has 2 heterocycles. The van der Waals surface area contributed by atoms with E-state index in [2.05, 4.69) is 21.2 Å². The molecule has 0 atom stereocenters. The maximum absolute atomic E-state index is 8.40. The maximum atomic E-state index is 8.40. The number of unbranched alkanes of at least 4 members (excludes halogenated alkanes) is 1. The van der Waals surface area contributed by atoms with Crippen molar-refractivity contribution < 1.29 is 5.21 Å². The highest BCUT2D eigenvalue weighted by atomic mass is 32.1. The second-order valence-electron chi connectivity index (χ2n) is 3.98. The summed E-state index contributed by atoms with van der Waals surface area (Å²) in [5, 5.41) is 14.4. The van der Waals surface area contributed by atoms with Crippen molar-refractivity contribution >= 4 is 17.6 Å². The number of oxime groups is 1. The Labute approximate surface area is 110 Å². The van der Waals surface area contributed by atoms with E-state index < -0.39 is 0 Å². The van der Waals surface area contributed by atoms with E-state index >= 15 is 0 Å². The molecule has 5 heteroatoms. The van der Waals surface area contributed by atoms with Crippen LogP contribution in [0.15, 0.2) is 35.1 Å². The second kappa shape index (κ2) is 6.86. The van der Waals surface area contributed by atoms with Crippen LogP contribution in [0.3, 0.4) is 0 Å². The molecule has 0 fully saturated rings. The van der Waals surface area contributed by atoms with E-state index in [1.807, 2.05) is 17.6 Å². The van der Waals surface area contributed by atoms with Gasteiger partial charge in [-0.25, -0.2) is 4.98 Å². The Bertz CT molecular complexity index is 496. The molecule has 0 radical (unpaired) electrons. The van der Waals surface area contributed by atoms with Gasteiger partial charge in [0.15, 0.2) is 0 Å². The Kier molecular flexibility index (Phi) is 4.84. The minimum absolute atomic E-state index is 0.727. The van der Waals surface area contributed by atoms with Crippen LogP contribution in [0.25, 0.3) is 0 Å². The minimum atomic E-state index is 0.727. The van der Waals surface area contributed by atoms with Gasteiger partial charge in [0.2, 0.25) is 0 Å². The zero-order valence-corrected chi connectivity index (χ0v) is 10.8. The lowest BCUT2D eigenvalue weighted by atomic mass is 10.1. The van der Waals surface area contributed by atoms with Gasteiger partial charge in [-0.05, 0) is 37.3 Å². The van der Waals surface area contributed by atoms with Crippen LogP contribution in [0.1, 0.15) is 29.1 Å². The van der Waals surface area contributed by atoms with Crippen LogP contribution < -0.4 is 0 Å². The molecule has 94 valence electrons. The van der Waals surface area contributed by atoms with Gasteiger partial charge in [-0.2, -0.15) is 0 Å². The highest BCUT2D eigenvalue weighted by Gasteiger charge is 2.00. The largest absolute Gasteiger partial charge is 0.411 e. The molecule has 0 aliphatic rings. The monoisotopic (exact) mass is 261 g/mol. The number of rotatable bonds is 6. The molecule has 0 saturated carbocycles. The molecule has 2 rings (SSSR count). The van der Waals surface area contributed by atoms with Gasteiger partial charge in [-0.3, -0.25) is 4.98 Å². The number of hydrogen-bond acceptors (Lipinski definition) is 5. The first kappa shape index (κ1) is 12.7. The second-order valence-corrected chi connectivity index (χ2v) is 4.92. The highest BCUT2D eigenvalue weighted by Crippen LogP contribution is 2.12. The van der Waals surface area contributed by atoms with E-state index in [0.29, 0.717) is 0 Å². The Morgan fingerprint density at radius 3 is 3.00 bits per heavy atom. The van der Waals surface area contributed by atoms with Gasteiger partial charge in [0.25, 0.3) is 0 Å². The van der Waals surface area contributed by atoms with Gasteiger partial charge in [0.05, 0.1) is 16.9 Å². The normalized spacial score (nSPS) is 11.1. The average molecular weight is 261 g/mol. The van der Waals surface area contributed by atoms with Crippen molar-refractivity contribution in [3.8, 4) is 0 Å². The van der Waals surface area contributed by atoms with Crippen LogP contribution >= 0.6 is 11.3 Å². The molecule has 1 N–H and O–H groups in total. The molecular weight excluding hydrogens is 246 g/mol. The summed E-state index contributed by atoms with van der Waals surface area (Å²) in [5.41, 5.74) is 2.01. The topological polar surface area (TPSA) is 58.4 Å². The fraction of sp³-hybridized carbons (Fsp3) is 0.308. The van der Waals surface area contributed by atoms with E-state index in [9.17, 15) is 0 Å². The Hall–Kier alpha value is -1.75. The summed E-state index contributed by atoms with van der Waals surface area (Å²) < 4.78 is 0. The summed E-state index contributed by atoms with van der Waals surface area (Å²) in [6, 6.07) is 4.07. The molecule has 0 amide bonds. The quantitative estimate of drug-likeness (QED) is 0.376. The van der Waals surface area contributed by atoms with Gasteiger partial charge in [0.1, 0.15) is 0 Å². The molecular formula is C13H15N3OS. The number of aromatic nitrogens is 2. The van der Waals surface area contributed by atoms with Crippen LogP contribution in [0.4, 0.5) is 0 Å². The summed E-state index contributed by atoms with van der Waals surface area (Å²) in [6.07, 6.45) is 9.35. The van der Waals surface area contributed by atoms with E-state index in [1.165, 1.54) is 11.8 Å². The van der Waals surface area contributed by atoms with E-state index in [0.717, 1.165) is 36.4 Å². The predicted octanol–water partition coefficient (Wildman–Crippen LogP) is 2.91. The van der Waals surface area contributed by atoms with Crippen LogP contribution in [0.5, 0.6) is 0 Å². The first-order chi connectivity index (χ1) is 8.88. The van der Waals surface area contributed by atoms with E-state index in [-0.39, 0.29) is 0 Å². The van der Waals surface area contributed by atoms with Gasteiger partial charge >= 0.3 is 0 Å². The van der Waals surface area contributed by atoms with Gasteiger partial charge in [-0.1, -0.05) is 11.2 Å². The molecule has 4 nitrogen and oxygen atoms in total. The van der Waals surface area contributed by atoms with Crippen LogP contribution in [-0.4, -0.2) is 21.4 Å². The summed E-state index contributed by atoms with van der Waals surface area (Å²) >= 11 is 1.61. The number of hydrogen-bond donors (Lipinski definition) is 1. The first-order valence-electron chi connectivity index (χ1n) is 5.89. The maximum Gasteiger partial charge on any atom is 0.0958 e. The zero-order valence-electron chi connectivity index (χ0n) is 9.99. The third-order valence-electron chi connectivity index (χ3n) is 2.59. The highest BCUT2D eigenvalue weighted by molar-refractivity contribution is 7.09. The van der Waals surface area contributed by atoms with Crippen LogP contribution in [-0.2, 0) is 12.8 Å². The number of aryl methyl sites for hydroxylation is 2. The first-order valence-corrected chi connectivity index (χ1v) is 6.77. The molecule has 2 aromatic rings. The zero-order chi connectivity index (χ0) is 12.6. The van der Waals surface area contributed by atoms with Gasteiger partial charge < -0.3 is 5.21 Å². The molecule has 0 aliphatic heterocycles. The Morgan fingerprint density at radius 2 is 2.22 bits per heavy atom. The van der Waals surface area contributed by atoms with E-state index in [1.54, 1.807) is 17.5 Å². The fourth-order valence-corrected chi connectivity index (χ4v) is 2.50. The van der Waals surface area contributed by atoms with Crippen molar-refractivity contribution in [1.29, 1.82) is 0 Å². The number of nitrogens with zero attached hydrogens (tertiary/aromatic N) is 3. The van der Waals surface area contributed by atoms with Crippen molar-refractivity contribution in [1.82, 2.24) is 9.97 Å². The molecule has 18 heavy (non-hydrogen) atoms. The predicted molar refractivity (Wildman–Crippen MR) is 72.4 cm³/mol. The van der Waals surface area contributed by atoms with Crippen LogP contribution in [0, 0.1) is 0 Å². The molecule has 2 aromatic heterocycles. The average Bonchev–Trinajstić information content (AvgIpc) is 2.84. The molecule has 0 unspecified atom stereocenters. The lowest BCUT2D eigenvalue weighted by molar-refractivity contribution is 0.321. The number of thiazole rings is 1. The standard InChI is InChI=1S/C13H15N3OS/c17-15-9-12-10-18-13(16-12)6-2-1-4-11-5-3-7-14-8-11/h3,5,7-10,17H,1-2,4,6H2. The summed E-state index contributed by atoms with van der Waals surface area (Å²) in [5.74, 6) is 0. The SMILES string of the molecule is ON=Cc1csc(CCCCc2cccnc2)n1. The van der Waals surface area contributed by atoms with Crippen molar-refractivity contribution in [2.45, 2.75) is 25.7 Å². The molecule has 0 aromatic carbocycles. The third-order valence-corrected chi connectivity index (χ3v) is 3.52. The van der Waals surface area contributed by atoms with Crippen molar-refractivity contribution in [2.75, 3.05) is 0 Å². The van der Waals surface area contributed by atoms with Crippen molar-refractivity contribution in [3.05, 3.63) is 46.2 Å². The molecule has 0 aliphatic carbocycles. The number of pyridine rings is 1. The van der Waals surface area contributed by atoms with Crippen molar-refractivity contribution in [3.63, 3.8) is 0 Å². The van der Waals surface area contributed by atoms with E-state index in [4.69, 9.17) is 5.21 Å².